The Balaban J connectivity index is 2.81. The van der Waals surface area contributed by atoms with Crippen molar-refractivity contribution < 1.29 is 13.7 Å². The fraction of sp³-hybridized carbons (Fsp3) is 0.588. The third-order valence-corrected chi connectivity index (χ3v) is 5.90. The van der Waals surface area contributed by atoms with Gasteiger partial charge in [0, 0.05) is 10.3 Å². The second kappa shape index (κ2) is 7.14. The highest BCUT2D eigenvalue weighted by Crippen LogP contribution is 2.35. The number of aryl methyl sites for hydroxylation is 1. The largest absolute Gasteiger partial charge is 0.460 e. The lowest BCUT2D eigenvalue weighted by atomic mass is 9.91. The van der Waals surface area contributed by atoms with E-state index in [9.17, 15) is 9.00 Å². The van der Waals surface area contributed by atoms with E-state index >= 15 is 0 Å². The van der Waals surface area contributed by atoms with E-state index in [1.807, 2.05) is 65.8 Å². The Morgan fingerprint density at radius 3 is 2.14 bits per heavy atom. The van der Waals surface area contributed by atoms with Gasteiger partial charge in [0.15, 0.2) is 0 Å². The number of alkyl halides is 1. The third kappa shape index (κ3) is 5.73. The molecule has 0 spiro atoms. The summed E-state index contributed by atoms with van der Waals surface area (Å²) >= 11 is 6.40. The van der Waals surface area contributed by atoms with Crippen LogP contribution in [0.2, 0.25) is 0 Å². The first-order chi connectivity index (χ1) is 9.92. The van der Waals surface area contributed by atoms with Gasteiger partial charge in [0.2, 0.25) is 0 Å². The summed E-state index contributed by atoms with van der Waals surface area (Å²) in [5.41, 5.74) is -0.0788. The molecule has 22 heavy (non-hydrogen) atoms. The van der Waals surface area contributed by atoms with E-state index < -0.39 is 26.5 Å². The van der Waals surface area contributed by atoms with Crippen LogP contribution in [-0.4, -0.2) is 20.5 Å². The number of rotatable bonds is 5. The molecule has 1 aromatic rings. The van der Waals surface area contributed by atoms with Gasteiger partial charge in [-0.15, -0.1) is 11.6 Å². The molecule has 1 rings (SSSR count). The zero-order valence-corrected chi connectivity index (χ0v) is 15.7. The Kier molecular flexibility index (Phi) is 6.22. The molecule has 0 amide bonds. The Bertz CT molecular complexity index is 544. The van der Waals surface area contributed by atoms with Crippen LogP contribution in [0.15, 0.2) is 29.2 Å². The van der Waals surface area contributed by atoms with Crippen LogP contribution >= 0.6 is 11.6 Å². The molecule has 2 unspecified atom stereocenters. The number of hydrogen-bond donors (Lipinski definition) is 0. The molecule has 0 radical (unpaired) electrons. The van der Waals surface area contributed by atoms with E-state index in [2.05, 4.69) is 0 Å². The molecule has 2 atom stereocenters. The summed E-state index contributed by atoms with van der Waals surface area (Å²) in [6.45, 7) is 11.1. The number of carbonyl (C=O) groups excluding carboxylic acids is 1. The van der Waals surface area contributed by atoms with Crippen LogP contribution in [0.25, 0.3) is 0 Å². The molecule has 0 aliphatic rings. The molecule has 1 aromatic carbocycles. The predicted octanol–water partition coefficient (Wildman–Crippen LogP) is 4.43. The molecule has 124 valence electrons. The SMILES string of the molecule is Cc1ccc(S(=O)C(Cl)C(C)(C)CC(=O)OC(C)(C)C)cc1. The highest BCUT2D eigenvalue weighted by atomic mass is 35.5. The zero-order valence-electron chi connectivity index (χ0n) is 14.1. The molecule has 0 aromatic heterocycles. The summed E-state index contributed by atoms with van der Waals surface area (Å²) in [6.07, 6.45) is 0.121. The second-order valence-electron chi connectivity index (χ2n) is 7.18. The van der Waals surface area contributed by atoms with Crippen LogP contribution < -0.4 is 0 Å². The lowest BCUT2D eigenvalue weighted by molar-refractivity contribution is -0.157. The smallest absolute Gasteiger partial charge is 0.306 e. The van der Waals surface area contributed by atoms with E-state index in [-0.39, 0.29) is 12.4 Å². The van der Waals surface area contributed by atoms with E-state index in [4.69, 9.17) is 16.3 Å². The van der Waals surface area contributed by atoms with Crippen LogP contribution in [-0.2, 0) is 20.3 Å². The summed E-state index contributed by atoms with van der Waals surface area (Å²) in [7, 11) is -1.39. The van der Waals surface area contributed by atoms with E-state index in [1.165, 1.54) is 0 Å². The first kappa shape index (κ1) is 19.2. The molecule has 0 heterocycles. The van der Waals surface area contributed by atoms with Crippen LogP contribution in [0.1, 0.15) is 46.6 Å². The maximum atomic E-state index is 12.6. The third-order valence-electron chi connectivity index (χ3n) is 3.08. The van der Waals surface area contributed by atoms with E-state index in [0.29, 0.717) is 4.90 Å². The Labute approximate surface area is 140 Å². The van der Waals surface area contributed by atoms with E-state index in [0.717, 1.165) is 5.56 Å². The fourth-order valence-electron chi connectivity index (χ4n) is 1.91. The molecule has 0 fully saturated rings. The second-order valence-corrected chi connectivity index (χ2v) is 9.41. The number of halogens is 1. The number of ether oxygens (including phenoxy) is 1. The van der Waals surface area contributed by atoms with Gasteiger partial charge in [-0.3, -0.25) is 9.00 Å². The topological polar surface area (TPSA) is 43.4 Å². The Morgan fingerprint density at radius 2 is 1.68 bits per heavy atom. The van der Waals surface area contributed by atoms with Crippen molar-refractivity contribution in [3.63, 3.8) is 0 Å². The van der Waals surface area contributed by atoms with E-state index in [1.54, 1.807) is 0 Å². The maximum Gasteiger partial charge on any atom is 0.306 e. The van der Waals surface area contributed by atoms with Gasteiger partial charge in [-0.2, -0.15) is 0 Å². The number of carbonyl (C=O) groups is 1. The maximum absolute atomic E-state index is 12.6. The number of esters is 1. The molecule has 5 heteroatoms. The average molecular weight is 345 g/mol. The van der Waals surface area contributed by atoms with Crippen LogP contribution in [0.3, 0.4) is 0 Å². The van der Waals surface area contributed by atoms with Gasteiger partial charge < -0.3 is 4.74 Å². The van der Waals surface area contributed by atoms with Crippen molar-refractivity contribution in [2.75, 3.05) is 0 Å². The van der Waals surface area contributed by atoms with Crippen LogP contribution in [0.5, 0.6) is 0 Å². The van der Waals surface area contributed by atoms with Gasteiger partial charge in [-0.05, 0) is 39.8 Å². The van der Waals surface area contributed by atoms with Gasteiger partial charge in [0.1, 0.15) is 10.3 Å². The van der Waals surface area contributed by atoms with Gasteiger partial charge in [-0.1, -0.05) is 31.5 Å². The summed E-state index contributed by atoms with van der Waals surface area (Å²) in [5.74, 6) is -0.330. The normalized spacial score (nSPS) is 15.2. The summed E-state index contributed by atoms with van der Waals surface area (Å²) in [5, 5.41) is 0. The molecule has 0 bridgehead atoms. The van der Waals surface area contributed by atoms with Crippen molar-refractivity contribution in [3.8, 4) is 0 Å². The van der Waals surface area contributed by atoms with Gasteiger partial charge in [-0.25, -0.2) is 0 Å². The molecule has 0 aliphatic carbocycles. The Morgan fingerprint density at radius 1 is 1.18 bits per heavy atom. The predicted molar refractivity (Wildman–Crippen MR) is 91.5 cm³/mol. The minimum atomic E-state index is -1.39. The lowest BCUT2D eigenvalue weighted by Crippen LogP contribution is -2.34. The van der Waals surface area contributed by atoms with Gasteiger partial charge >= 0.3 is 5.97 Å². The average Bonchev–Trinajstić information content (AvgIpc) is 2.34. The lowest BCUT2D eigenvalue weighted by Gasteiger charge is -2.30. The van der Waals surface area contributed by atoms with Crippen LogP contribution in [0, 0.1) is 12.3 Å². The van der Waals surface area contributed by atoms with Gasteiger partial charge in [0.05, 0.1) is 17.2 Å². The first-order valence-electron chi connectivity index (χ1n) is 7.25. The minimum Gasteiger partial charge on any atom is -0.460 e. The highest BCUT2D eigenvalue weighted by molar-refractivity contribution is 7.87. The highest BCUT2D eigenvalue weighted by Gasteiger charge is 2.36. The fourth-order valence-corrected chi connectivity index (χ4v) is 3.60. The summed E-state index contributed by atoms with van der Waals surface area (Å²) in [4.78, 5) is 12.7. The molecular formula is C17H25ClO3S. The molecule has 0 saturated carbocycles. The van der Waals surface area contributed by atoms with Crippen molar-refractivity contribution >= 4 is 28.4 Å². The number of hydrogen-bond acceptors (Lipinski definition) is 3. The van der Waals surface area contributed by atoms with Crippen molar-refractivity contribution in [1.29, 1.82) is 0 Å². The molecule has 3 nitrogen and oxygen atoms in total. The van der Waals surface area contributed by atoms with Gasteiger partial charge in [0.25, 0.3) is 0 Å². The zero-order chi connectivity index (χ0) is 17.1. The molecule has 0 aliphatic heterocycles. The minimum absolute atomic E-state index is 0.121. The van der Waals surface area contributed by atoms with Crippen LogP contribution in [0.4, 0.5) is 0 Å². The molecular weight excluding hydrogens is 320 g/mol. The van der Waals surface area contributed by atoms with Crippen molar-refractivity contribution in [2.45, 2.75) is 63.2 Å². The number of benzene rings is 1. The van der Waals surface area contributed by atoms with Crippen molar-refractivity contribution in [2.24, 2.45) is 5.41 Å². The van der Waals surface area contributed by atoms with Crippen molar-refractivity contribution in [3.05, 3.63) is 29.8 Å². The standard InChI is InChI=1S/C17H25ClO3S/c1-12-7-9-13(10-8-12)22(20)15(18)17(5,6)11-14(19)21-16(2,3)4/h7-10,15H,11H2,1-6H3. The summed E-state index contributed by atoms with van der Waals surface area (Å²) in [6, 6.07) is 7.42. The molecule has 0 N–H and O–H groups in total. The Hall–Kier alpha value is -0.870. The summed E-state index contributed by atoms with van der Waals surface area (Å²) < 4.78 is 17.2. The van der Waals surface area contributed by atoms with Crippen molar-refractivity contribution in [1.82, 2.24) is 0 Å². The first-order valence-corrected chi connectivity index (χ1v) is 8.90. The quantitative estimate of drug-likeness (QED) is 0.586. The monoisotopic (exact) mass is 344 g/mol. The molecule has 0 saturated heterocycles.